The molecule has 4 atom stereocenters. The molecule has 0 heterocycles. The Balaban J connectivity index is -0.000000143. The third-order valence-electron chi connectivity index (χ3n) is 0.244. The zero-order valence-corrected chi connectivity index (χ0v) is 11.3. The molecule has 1 radical (unpaired) electrons. The molecule has 13 heavy (non-hydrogen) atoms. The molecule has 0 aliphatic carbocycles. The van der Waals surface area contributed by atoms with Gasteiger partial charge in [0.05, 0.1) is 0 Å². The van der Waals surface area contributed by atoms with Crippen molar-refractivity contribution in [2.45, 2.75) is 0 Å². The first kappa shape index (κ1) is 19.9. The molecule has 0 saturated carbocycles. The molecule has 0 aliphatic rings. The molecule has 0 saturated heterocycles. The van der Waals surface area contributed by atoms with Crippen LogP contribution in [0, 0.1) is 0 Å². The van der Waals surface area contributed by atoms with Gasteiger partial charge in [0.15, 0.2) is 0 Å². The van der Waals surface area contributed by atoms with Crippen molar-refractivity contribution in [1.82, 2.24) is 0 Å². The minimum Gasteiger partial charge on any atom is -0.294 e. The standard InChI is InChI=1S/Na.2H2O4S2/c;2*1-5(2)6(3)4/h;2*(H,1,2)(H,3,4). The van der Waals surface area contributed by atoms with E-state index in [4.69, 9.17) is 18.2 Å². The molecule has 0 bridgehead atoms. The van der Waals surface area contributed by atoms with Gasteiger partial charge in [-0.1, -0.05) is 0 Å². The van der Waals surface area contributed by atoms with Crippen molar-refractivity contribution in [3.8, 4) is 0 Å². The molecule has 0 amide bonds. The van der Waals surface area contributed by atoms with Crippen LogP contribution in [0.3, 0.4) is 0 Å². The smallest absolute Gasteiger partial charge is 0.274 e. The second-order valence-corrected chi connectivity index (χ2v) is 6.03. The van der Waals surface area contributed by atoms with E-state index in [-0.39, 0.29) is 29.6 Å². The van der Waals surface area contributed by atoms with Crippen molar-refractivity contribution >= 4 is 70.0 Å². The van der Waals surface area contributed by atoms with E-state index in [2.05, 4.69) is 0 Å². The van der Waals surface area contributed by atoms with Gasteiger partial charge in [-0.2, -0.15) is 0 Å². The first-order valence-electron chi connectivity index (χ1n) is 1.73. The van der Waals surface area contributed by atoms with Crippen molar-refractivity contribution in [3.05, 3.63) is 0 Å². The summed E-state index contributed by atoms with van der Waals surface area (Å²) in [5.41, 5.74) is 0. The maximum Gasteiger partial charge on any atom is 0.274 e. The summed E-state index contributed by atoms with van der Waals surface area (Å²) < 4.78 is 67.2. The van der Waals surface area contributed by atoms with Crippen LogP contribution < -0.4 is 0 Å². The maximum atomic E-state index is 9.26. The van der Waals surface area contributed by atoms with Gasteiger partial charge in [-0.25, -0.2) is 16.8 Å². The Morgan fingerprint density at radius 3 is 0.615 bits per heavy atom. The predicted octanol–water partition coefficient (Wildman–Crippen LogP) is -1.69. The van der Waals surface area contributed by atoms with Gasteiger partial charge >= 0.3 is 0 Å². The van der Waals surface area contributed by atoms with Gasteiger partial charge in [0.25, 0.3) is 40.4 Å². The van der Waals surface area contributed by atoms with Crippen LogP contribution in [-0.4, -0.2) is 64.6 Å². The minimum atomic E-state index is -2.59. The Hall–Kier alpha value is 1.44. The largest absolute Gasteiger partial charge is 0.294 e. The molecule has 13 heteroatoms. The molecule has 0 aromatic rings. The van der Waals surface area contributed by atoms with Crippen molar-refractivity contribution in [2.24, 2.45) is 0 Å². The Morgan fingerprint density at radius 2 is 0.615 bits per heavy atom. The fourth-order valence-corrected chi connectivity index (χ4v) is 0. The molecule has 0 aromatic heterocycles. The molecular weight excluding hydrogens is 279 g/mol. The van der Waals surface area contributed by atoms with Crippen molar-refractivity contribution < 1.29 is 35.0 Å². The summed E-state index contributed by atoms with van der Waals surface area (Å²) in [7, 11) is -10.4. The van der Waals surface area contributed by atoms with E-state index in [0.29, 0.717) is 0 Å². The summed E-state index contributed by atoms with van der Waals surface area (Å²) in [5.74, 6) is 0. The summed E-state index contributed by atoms with van der Waals surface area (Å²) in [5, 5.41) is 0. The van der Waals surface area contributed by atoms with Gasteiger partial charge in [0.2, 0.25) is 0 Å². The zero-order valence-electron chi connectivity index (χ0n) is 6.05. The molecule has 0 aliphatic heterocycles. The van der Waals surface area contributed by atoms with Crippen LogP contribution in [-0.2, 0) is 40.4 Å². The van der Waals surface area contributed by atoms with Gasteiger partial charge in [0, 0.05) is 29.6 Å². The molecule has 8 nitrogen and oxygen atoms in total. The van der Waals surface area contributed by atoms with E-state index in [1.54, 1.807) is 0 Å². The van der Waals surface area contributed by atoms with E-state index in [0.717, 1.165) is 0 Å². The normalized spacial score (nSPS) is 18.2. The monoisotopic (exact) mass is 283 g/mol. The van der Waals surface area contributed by atoms with Crippen LogP contribution in [0.25, 0.3) is 0 Å². The van der Waals surface area contributed by atoms with Crippen LogP contribution in [0.1, 0.15) is 0 Å². The molecule has 0 aromatic carbocycles. The van der Waals surface area contributed by atoms with Crippen LogP contribution in [0.4, 0.5) is 0 Å². The molecule has 0 spiro atoms. The fraction of sp³-hybridized carbons (Fsp3) is 0. The molecule has 77 valence electrons. The van der Waals surface area contributed by atoms with E-state index in [1.165, 1.54) is 0 Å². The zero-order chi connectivity index (χ0) is 10.3. The SMILES string of the molecule is O=S(O)S(=O)O.O=S(O)S(=O)O.[Na]. The van der Waals surface area contributed by atoms with E-state index < -0.39 is 40.4 Å². The minimum absolute atomic E-state index is 0. The van der Waals surface area contributed by atoms with E-state index >= 15 is 0 Å². The number of hydrogen-bond donors (Lipinski definition) is 4. The maximum absolute atomic E-state index is 9.26. The van der Waals surface area contributed by atoms with Gasteiger partial charge in [-0.15, -0.1) is 0 Å². The fourth-order valence-electron chi connectivity index (χ4n) is 0. The molecule has 0 fully saturated rings. The average Bonchev–Trinajstić information content (AvgIpc) is 1.88. The topological polar surface area (TPSA) is 149 Å². The number of rotatable bonds is 2. The first-order valence-corrected chi connectivity index (χ1v) is 7.19. The average molecular weight is 283 g/mol. The Labute approximate surface area is 104 Å². The molecule has 0 rings (SSSR count). The van der Waals surface area contributed by atoms with Crippen LogP contribution in [0.2, 0.25) is 0 Å². The second-order valence-electron chi connectivity index (χ2n) is 0.868. The van der Waals surface area contributed by atoms with Gasteiger partial charge < -0.3 is 0 Å². The Kier molecular flexibility index (Phi) is 17.7. The third-order valence-corrected chi connectivity index (χ3v) is 2.20. The predicted molar refractivity (Wildman–Crippen MR) is 48.8 cm³/mol. The summed E-state index contributed by atoms with van der Waals surface area (Å²) in [6.45, 7) is 0. The third kappa shape index (κ3) is 19.7. The molecule has 4 unspecified atom stereocenters. The van der Waals surface area contributed by atoms with Gasteiger partial charge in [-0.05, 0) is 0 Å². The van der Waals surface area contributed by atoms with E-state index in [9.17, 15) is 16.8 Å². The van der Waals surface area contributed by atoms with Crippen molar-refractivity contribution in [2.75, 3.05) is 0 Å². The first-order chi connectivity index (χ1) is 5.29. The van der Waals surface area contributed by atoms with Crippen molar-refractivity contribution in [1.29, 1.82) is 0 Å². The molecule has 4 N–H and O–H groups in total. The Bertz CT molecular complexity index is 172. The van der Waals surface area contributed by atoms with Crippen LogP contribution in [0.15, 0.2) is 0 Å². The summed E-state index contributed by atoms with van der Waals surface area (Å²) in [6, 6.07) is 0. The van der Waals surface area contributed by atoms with Gasteiger partial charge in [0.1, 0.15) is 0 Å². The number of hydrogen-bond acceptors (Lipinski definition) is 4. The molecular formula is H4NaO8S4. The summed E-state index contributed by atoms with van der Waals surface area (Å²) in [4.78, 5) is 0. The van der Waals surface area contributed by atoms with Crippen molar-refractivity contribution in [3.63, 3.8) is 0 Å². The second kappa shape index (κ2) is 11.5. The van der Waals surface area contributed by atoms with E-state index in [1.807, 2.05) is 0 Å². The summed E-state index contributed by atoms with van der Waals surface area (Å²) >= 11 is 0. The van der Waals surface area contributed by atoms with Crippen LogP contribution >= 0.6 is 0 Å². The Morgan fingerprint density at radius 1 is 0.538 bits per heavy atom. The van der Waals surface area contributed by atoms with Gasteiger partial charge in [-0.3, -0.25) is 18.2 Å². The quantitative estimate of drug-likeness (QED) is 0.266. The summed E-state index contributed by atoms with van der Waals surface area (Å²) in [6.07, 6.45) is 0. The van der Waals surface area contributed by atoms with Crippen LogP contribution in [0.5, 0.6) is 0 Å².